The van der Waals surface area contributed by atoms with Crippen molar-refractivity contribution < 1.29 is 21.6 Å². The molecule has 0 spiro atoms. The second-order valence-electron chi connectivity index (χ2n) is 5.98. The van der Waals surface area contributed by atoms with Gasteiger partial charge in [0.25, 0.3) is 19.7 Å². The van der Waals surface area contributed by atoms with Gasteiger partial charge in [0.2, 0.25) is 0 Å². The van der Waals surface area contributed by atoms with E-state index in [0.717, 1.165) is 38.5 Å². The van der Waals surface area contributed by atoms with Crippen LogP contribution >= 0.6 is 0 Å². The molecule has 0 atom stereocenters. The van der Waals surface area contributed by atoms with Crippen molar-refractivity contribution in [2.45, 2.75) is 74.7 Å². The fourth-order valence-corrected chi connectivity index (χ4v) is 8.13. The predicted molar refractivity (Wildman–Crippen MR) is 80.2 cm³/mol. The first-order valence-electron chi connectivity index (χ1n) is 7.60. The van der Waals surface area contributed by atoms with Gasteiger partial charge in [-0.1, -0.05) is 38.5 Å². The Kier molecular flexibility index (Phi) is 5.22. The first-order valence-corrected chi connectivity index (χ1v) is 10.7. The first kappa shape index (κ1) is 16.6. The summed E-state index contributed by atoms with van der Waals surface area (Å²) >= 11 is 0. The van der Waals surface area contributed by atoms with Crippen LogP contribution in [0.4, 0.5) is 0 Å². The smallest absolute Gasteiger partial charge is 0.359 e. The van der Waals surface area contributed by atoms with E-state index in [2.05, 4.69) is 4.79 Å². The third kappa shape index (κ3) is 3.38. The molecule has 0 unspecified atom stereocenters. The quantitative estimate of drug-likeness (QED) is 0.333. The Morgan fingerprint density at radius 1 is 0.714 bits per heavy atom. The molecule has 0 saturated heterocycles. The van der Waals surface area contributed by atoms with Crippen LogP contribution < -0.4 is 0 Å². The number of hydrogen-bond acceptors (Lipinski definition) is 4. The Hall–Kier alpha value is -0.720. The Morgan fingerprint density at radius 3 is 1.33 bits per heavy atom. The molecule has 2 fully saturated rings. The fraction of sp³-hybridized carbons (Fsp3) is 0.923. The van der Waals surface area contributed by atoms with Gasteiger partial charge in [-0.25, -0.2) is 16.8 Å². The minimum Gasteiger partial charge on any atom is -0.359 e. The first-order chi connectivity index (χ1) is 9.90. The molecule has 2 aliphatic carbocycles. The Morgan fingerprint density at radius 2 is 1.05 bits per heavy atom. The molecule has 120 valence electrons. The standard InChI is InChI=1S/C13H22N2O4S2/c14-15-13(20(16,17)11-7-3-1-4-8-11)21(18,19)12-9-5-2-6-10-12/h11-12H,1-10H2. The molecule has 0 aliphatic heterocycles. The lowest BCUT2D eigenvalue weighted by Gasteiger charge is -2.22. The third-order valence-electron chi connectivity index (χ3n) is 4.55. The van der Waals surface area contributed by atoms with Crippen LogP contribution in [0.2, 0.25) is 0 Å². The summed E-state index contributed by atoms with van der Waals surface area (Å²) in [5.74, 6) is 0. The van der Waals surface area contributed by atoms with Crippen molar-refractivity contribution in [3.63, 3.8) is 0 Å². The zero-order chi connectivity index (χ0) is 15.5. The van der Waals surface area contributed by atoms with Gasteiger partial charge in [0.05, 0.1) is 10.5 Å². The summed E-state index contributed by atoms with van der Waals surface area (Å²) in [6, 6.07) is 0. The monoisotopic (exact) mass is 334 g/mol. The lowest BCUT2D eigenvalue weighted by molar-refractivity contribution is 0.00360. The minimum absolute atomic E-state index is 0.446. The number of rotatable bonds is 2. The van der Waals surface area contributed by atoms with E-state index in [1.165, 1.54) is 0 Å². The van der Waals surface area contributed by atoms with Crippen molar-refractivity contribution in [1.82, 2.24) is 0 Å². The van der Waals surface area contributed by atoms with Crippen LogP contribution in [-0.4, -0.2) is 36.5 Å². The van der Waals surface area contributed by atoms with E-state index < -0.39 is 34.6 Å². The summed E-state index contributed by atoms with van der Waals surface area (Å²) < 4.78 is 49.2. The average molecular weight is 334 g/mol. The molecular weight excluding hydrogens is 312 g/mol. The lowest BCUT2D eigenvalue weighted by Crippen LogP contribution is -2.40. The van der Waals surface area contributed by atoms with Gasteiger partial charge in [0.15, 0.2) is 0 Å². The van der Waals surface area contributed by atoms with E-state index in [1.54, 1.807) is 0 Å². The Labute approximate surface area is 126 Å². The summed E-state index contributed by atoms with van der Waals surface area (Å²) in [5, 5.41) is -1.45. The SMILES string of the molecule is [N-]=[N+]=C(S(=O)(=O)C1CCCCC1)S(=O)(=O)C1CCCCC1. The topological polar surface area (TPSA) is 105 Å². The predicted octanol–water partition coefficient (Wildman–Crippen LogP) is 2.07. The number of sulfone groups is 2. The van der Waals surface area contributed by atoms with E-state index in [-0.39, 0.29) is 0 Å². The molecule has 2 saturated carbocycles. The van der Waals surface area contributed by atoms with E-state index in [9.17, 15) is 16.8 Å². The van der Waals surface area contributed by atoms with Crippen LogP contribution in [0.15, 0.2) is 0 Å². The number of nitrogens with zero attached hydrogens (tertiary/aromatic N) is 2. The molecule has 0 aromatic heterocycles. The maximum Gasteiger partial charge on any atom is 0.495 e. The van der Waals surface area contributed by atoms with Gasteiger partial charge in [-0.3, -0.25) is 0 Å². The van der Waals surface area contributed by atoms with Crippen LogP contribution in [0.5, 0.6) is 0 Å². The van der Waals surface area contributed by atoms with Crippen molar-refractivity contribution in [1.29, 1.82) is 0 Å². The molecule has 0 amide bonds. The summed E-state index contributed by atoms with van der Waals surface area (Å²) in [6.45, 7) is 0. The van der Waals surface area contributed by atoms with Crippen LogP contribution in [0.25, 0.3) is 5.53 Å². The van der Waals surface area contributed by atoms with Crippen LogP contribution in [-0.2, 0) is 19.7 Å². The summed E-state index contributed by atoms with van der Waals surface area (Å²) in [5.41, 5.74) is 9.09. The molecule has 0 bridgehead atoms. The third-order valence-corrected chi connectivity index (χ3v) is 9.78. The molecule has 8 heteroatoms. The van der Waals surface area contributed by atoms with Gasteiger partial charge in [-0.2, -0.15) is 0 Å². The molecule has 0 heterocycles. The lowest BCUT2D eigenvalue weighted by atomic mass is 10.0. The summed E-state index contributed by atoms with van der Waals surface area (Å²) in [6.07, 6.45) is 6.79. The van der Waals surface area contributed by atoms with Gasteiger partial charge >= 0.3 is 4.38 Å². The van der Waals surface area contributed by atoms with Gasteiger partial charge in [-0.15, -0.1) is 4.79 Å². The maximum atomic E-state index is 12.5. The summed E-state index contributed by atoms with van der Waals surface area (Å²) in [7, 11) is -8.14. The average Bonchev–Trinajstić information content (AvgIpc) is 2.49. The molecule has 0 aromatic carbocycles. The molecule has 21 heavy (non-hydrogen) atoms. The second kappa shape index (κ2) is 6.58. The molecule has 0 aromatic rings. The van der Waals surface area contributed by atoms with Gasteiger partial charge in [-0.05, 0) is 25.7 Å². The molecule has 0 N–H and O–H groups in total. The van der Waals surface area contributed by atoms with Crippen LogP contribution in [0.1, 0.15) is 64.2 Å². The highest BCUT2D eigenvalue weighted by atomic mass is 32.3. The van der Waals surface area contributed by atoms with Crippen LogP contribution in [0.3, 0.4) is 0 Å². The Balaban J connectivity index is 2.32. The van der Waals surface area contributed by atoms with Gasteiger partial charge in [0.1, 0.15) is 0 Å². The van der Waals surface area contributed by atoms with Crippen molar-refractivity contribution in [3.8, 4) is 0 Å². The zero-order valence-corrected chi connectivity index (χ0v) is 13.7. The van der Waals surface area contributed by atoms with Crippen molar-refractivity contribution in [3.05, 3.63) is 5.53 Å². The number of hydrogen-bond donors (Lipinski definition) is 0. The highest BCUT2D eigenvalue weighted by Gasteiger charge is 2.49. The van der Waals surface area contributed by atoms with E-state index in [0.29, 0.717) is 25.7 Å². The van der Waals surface area contributed by atoms with Crippen molar-refractivity contribution in [2.24, 2.45) is 0 Å². The van der Waals surface area contributed by atoms with Crippen molar-refractivity contribution in [2.75, 3.05) is 0 Å². The molecule has 0 radical (unpaired) electrons. The van der Waals surface area contributed by atoms with Gasteiger partial charge in [0, 0.05) is 0 Å². The largest absolute Gasteiger partial charge is 0.495 e. The normalized spacial score (nSPS) is 22.7. The molecular formula is C13H22N2O4S2. The highest BCUT2D eigenvalue weighted by molar-refractivity contribution is 8.31. The highest BCUT2D eigenvalue weighted by Crippen LogP contribution is 2.30. The zero-order valence-electron chi connectivity index (χ0n) is 12.1. The molecule has 2 rings (SSSR count). The molecule has 2 aliphatic rings. The van der Waals surface area contributed by atoms with Gasteiger partial charge < -0.3 is 5.53 Å². The molecule has 6 nitrogen and oxygen atoms in total. The van der Waals surface area contributed by atoms with E-state index in [1.807, 2.05) is 0 Å². The Bertz CT molecular complexity index is 571. The van der Waals surface area contributed by atoms with Crippen LogP contribution in [0, 0.1) is 0 Å². The maximum absolute atomic E-state index is 12.5. The summed E-state index contributed by atoms with van der Waals surface area (Å²) in [4.78, 5) is 2.72. The van der Waals surface area contributed by atoms with E-state index >= 15 is 0 Å². The van der Waals surface area contributed by atoms with Crippen molar-refractivity contribution >= 4 is 24.1 Å². The second-order valence-corrected chi connectivity index (χ2v) is 10.5. The minimum atomic E-state index is -4.07. The van der Waals surface area contributed by atoms with E-state index in [4.69, 9.17) is 5.53 Å². The fourth-order valence-electron chi connectivity index (χ4n) is 3.31.